The molecule has 0 aliphatic carbocycles. The summed E-state index contributed by atoms with van der Waals surface area (Å²) in [5.74, 6) is 0. The number of amides is 1. The molecule has 0 heterocycles. The highest BCUT2D eigenvalue weighted by molar-refractivity contribution is 5.67. The first-order valence-electron chi connectivity index (χ1n) is 5.12. The summed E-state index contributed by atoms with van der Waals surface area (Å²) < 4.78 is 10.0. The van der Waals surface area contributed by atoms with E-state index in [0.717, 1.165) is 6.42 Å². The van der Waals surface area contributed by atoms with Crippen LogP contribution in [0.15, 0.2) is 0 Å². The third-order valence-electron chi connectivity index (χ3n) is 1.64. The molecule has 0 fully saturated rings. The van der Waals surface area contributed by atoms with Gasteiger partial charge in [-0.15, -0.1) is 0 Å². The molecule has 0 aromatic rings. The molecule has 0 aromatic carbocycles. The number of hydrazine groups is 1. The van der Waals surface area contributed by atoms with Crippen molar-refractivity contribution in [2.75, 3.05) is 13.7 Å². The molecule has 5 heteroatoms. The van der Waals surface area contributed by atoms with Gasteiger partial charge in [0.25, 0.3) is 0 Å². The van der Waals surface area contributed by atoms with Crippen LogP contribution in [0.4, 0.5) is 4.79 Å². The fourth-order valence-electron chi connectivity index (χ4n) is 0.927. The lowest BCUT2D eigenvalue weighted by molar-refractivity contribution is 0.0470. The second-order valence-corrected chi connectivity index (χ2v) is 4.33. The molecule has 0 rings (SSSR count). The van der Waals surface area contributed by atoms with E-state index in [-0.39, 0.29) is 6.04 Å². The van der Waals surface area contributed by atoms with Gasteiger partial charge >= 0.3 is 6.09 Å². The zero-order chi connectivity index (χ0) is 11.9. The maximum atomic E-state index is 11.2. The molecule has 5 nitrogen and oxygen atoms in total. The van der Waals surface area contributed by atoms with Crippen molar-refractivity contribution in [3.05, 3.63) is 0 Å². The van der Waals surface area contributed by atoms with E-state index >= 15 is 0 Å². The Labute approximate surface area is 91.5 Å². The van der Waals surface area contributed by atoms with Gasteiger partial charge < -0.3 is 9.47 Å². The number of methoxy groups -OCH3 is 1. The Morgan fingerprint density at radius 3 is 2.40 bits per heavy atom. The van der Waals surface area contributed by atoms with Gasteiger partial charge in [0.1, 0.15) is 5.60 Å². The van der Waals surface area contributed by atoms with Crippen molar-refractivity contribution in [1.29, 1.82) is 0 Å². The molecular formula is C10H22N2O3. The largest absolute Gasteiger partial charge is 0.443 e. The molecule has 0 spiro atoms. The fourth-order valence-corrected chi connectivity index (χ4v) is 0.927. The van der Waals surface area contributed by atoms with Crippen molar-refractivity contribution < 1.29 is 14.3 Å². The highest BCUT2D eigenvalue weighted by atomic mass is 16.6. The summed E-state index contributed by atoms with van der Waals surface area (Å²) in [6.45, 7) is 8.01. The predicted molar refractivity (Wildman–Crippen MR) is 58.5 cm³/mol. The Kier molecular flexibility index (Phi) is 6.27. The number of ether oxygens (including phenoxy) is 2. The minimum Gasteiger partial charge on any atom is -0.443 e. The first-order valence-corrected chi connectivity index (χ1v) is 5.12. The molecule has 0 bridgehead atoms. The van der Waals surface area contributed by atoms with Gasteiger partial charge in [-0.25, -0.2) is 10.2 Å². The number of hydrogen-bond donors (Lipinski definition) is 2. The third kappa shape index (κ3) is 8.20. The molecule has 0 aromatic heterocycles. The lowest BCUT2D eigenvalue weighted by Crippen LogP contribution is -2.47. The summed E-state index contributed by atoms with van der Waals surface area (Å²) >= 11 is 0. The molecule has 0 saturated heterocycles. The Balaban J connectivity index is 3.78. The smallest absolute Gasteiger partial charge is 0.422 e. The van der Waals surface area contributed by atoms with Crippen molar-refractivity contribution in [2.24, 2.45) is 0 Å². The molecule has 2 N–H and O–H groups in total. The summed E-state index contributed by atoms with van der Waals surface area (Å²) in [4.78, 5) is 11.2. The number of carbonyl (C=O) groups excluding carboxylic acids is 1. The topological polar surface area (TPSA) is 59.6 Å². The summed E-state index contributed by atoms with van der Waals surface area (Å²) in [6.07, 6.45) is 0.390. The van der Waals surface area contributed by atoms with Crippen LogP contribution in [0.3, 0.4) is 0 Å². The third-order valence-corrected chi connectivity index (χ3v) is 1.64. The maximum absolute atomic E-state index is 11.2. The summed E-state index contributed by atoms with van der Waals surface area (Å²) in [6, 6.07) is 0.0996. The van der Waals surface area contributed by atoms with Crippen LogP contribution in [-0.2, 0) is 9.47 Å². The fraction of sp³-hybridized carbons (Fsp3) is 0.900. The summed E-state index contributed by atoms with van der Waals surface area (Å²) in [5.41, 5.74) is 4.85. The van der Waals surface area contributed by atoms with Gasteiger partial charge in [-0.05, 0) is 27.2 Å². The highest BCUT2D eigenvalue weighted by Gasteiger charge is 2.16. The van der Waals surface area contributed by atoms with Crippen LogP contribution in [-0.4, -0.2) is 31.5 Å². The Morgan fingerprint density at radius 1 is 1.40 bits per heavy atom. The molecule has 15 heavy (non-hydrogen) atoms. The second kappa shape index (κ2) is 6.63. The average Bonchev–Trinajstić information content (AvgIpc) is 2.09. The summed E-state index contributed by atoms with van der Waals surface area (Å²) in [5, 5.41) is 0. The molecular weight excluding hydrogens is 196 g/mol. The van der Waals surface area contributed by atoms with Gasteiger partial charge in [-0.1, -0.05) is 6.92 Å². The van der Waals surface area contributed by atoms with Crippen LogP contribution in [0.2, 0.25) is 0 Å². The molecule has 1 atom stereocenters. The number of hydrogen-bond acceptors (Lipinski definition) is 4. The Morgan fingerprint density at radius 2 is 2.00 bits per heavy atom. The van der Waals surface area contributed by atoms with Gasteiger partial charge in [0.05, 0.1) is 6.61 Å². The zero-order valence-electron chi connectivity index (χ0n) is 10.2. The van der Waals surface area contributed by atoms with Crippen LogP contribution in [0.1, 0.15) is 34.1 Å². The number of rotatable bonds is 5. The van der Waals surface area contributed by atoms with E-state index in [1.54, 1.807) is 7.11 Å². The van der Waals surface area contributed by atoms with Gasteiger partial charge in [0.2, 0.25) is 0 Å². The number of nitrogens with one attached hydrogen (secondary N) is 2. The first kappa shape index (κ1) is 14.2. The van der Waals surface area contributed by atoms with Crippen LogP contribution < -0.4 is 10.9 Å². The minimum absolute atomic E-state index is 0.0996. The highest BCUT2D eigenvalue weighted by Crippen LogP contribution is 2.05. The SMILES string of the molecule is CCC(COC)NNC(=O)OC(C)(C)C. The van der Waals surface area contributed by atoms with Gasteiger partial charge in [0.15, 0.2) is 0 Å². The van der Waals surface area contributed by atoms with E-state index in [1.165, 1.54) is 0 Å². The standard InChI is InChI=1S/C10H22N2O3/c1-6-8(7-14-5)11-12-9(13)15-10(2,3)4/h8,11H,6-7H2,1-5H3,(H,12,13). The molecule has 90 valence electrons. The lowest BCUT2D eigenvalue weighted by Gasteiger charge is -2.22. The first-order chi connectivity index (χ1) is 6.89. The maximum Gasteiger partial charge on any atom is 0.422 e. The van der Waals surface area contributed by atoms with E-state index < -0.39 is 11.7 Å². The molecule has 0 aliphatic rings. The van der Waals surface area contributed by atoms with E-state index in [9.17, 15) is 4.79 Å². The van der Waals surface area contributed by atoms with Gasteiger partial charge in [-0.3, -0.25) is 5.43 Å². The molecule has 0 saturated carbocycles. The van der Waals surface area contributed by atoms with Gasteiger partial charge in [-0.2, -0.15) is 0 Å². The van der Waals surface area contributed by atoms with E-state index in [2.05, 4.69) is 10.9 Å². The van der Waals surface area contributed by atoms with Crippen LogP contribution in [0.5, 0.6) is 0 Å². The van der Waals surface area contributed by atoms with Crippen molar-refractivity contribution in [3.8, 4) is 0 Å². The second-order valence-electron chi connectivity index (χ2n) is 4.33. The normalized spacial score (nSPS) is 13.4. The molecule has 0 aliphatic heterocycles. The van der Waals surface area contributed by atoms with E-state index in [4.69, 9.17) is 9.47 Å². The average molecular weight is 218 g/mol. The van der Waals surface area contributed by atoms with Crippen molar-refractivity contribution >= 4 is 6.09 Å². The Bertz CT molecular complexity index is 190. The zero-order valence-corrected chi connectivity index (χ0v) is 10.2. The lowest BCUT2D eigenvalue weighted by atomic mass is 10.2. The van der Waals surface area contributed by atoms with Crippen LogP contribution in [0, 0.1) is 0 Å². The van der Waals surface area contributed by atoms with E-state index in [1.807, 2.05) is 27.7 Å². The quantitative estimate of drug-likeness (QED) is 0.685. The minimum atomic E-state index is -0.477. The monoisotopic (exact) mass is 218 g/mol. The van der Waals surface area contributed by atoms with Crippen LogP contribution >= 0.6 is 0 Å². The van der Waals surface area contributed by atoms with Crippen molar-refractivity contribution in [2.45, 2.75) is 45.8 Å². The molecule has 1 amide bonds. The van der Waals surface area contributed by atoms with E-state index in [0.29, 0.717) is 6.61 Å². The van der Waals surface area contributed by atoms with Crippen LogP contribution in [0.25, 0.3) is 0 Å². The van der Waals surface area contributed by atoms with Gasteiger partial charge in [0, 0.05) is 13.2 Å². The molecule has 0 radical (unpaired) electrons. The van der Waals surface area contributed by atoms with Crippen molar-refractivity contribution in [1.82, 2.24) is 10.9 Å². The molecule has 1 unspecified atom stereocenters. The van der Waals surface area contributed by atoms with Crippen molar-refractivity contribution in [3.63, 3.8) is 0 Å². The Hall–Kier alpha value is -0.810. The summed E-state index contributed by atoms with van der Waals surface area (Å²) in [7, 11) is 1.62. The predicted octanol–water partition coefficient (Wildman–Crippen LogP) is 1.44. The number of carbonyl (C=O) groups is 1.